The number of likely N-dealkylation sites (tertiary alicyclic amines) is 1. The van der Waals surface area contributed by atoms with Gasteiger partial charge >= 0.3 is 6.18 Å². The molecule has 0 radical (unpaired) electrons. The lowest BCUT2D eigenvalue weighted by atomic mass is 10.0. The molecular formula is C19H20F3N3O2. The predicted molar refractivity (Wildman–Crippen MR) is 94.1 cm³/mol. The minimum Gasteiger partial charge on any atom is -0.343 e. The Morgan fingerprint density at radius 3 is 2.37 bits per heavy atom. The van der Waals surface area contributed by atoms with Crippen molar-refractivity contribution in [1.29, 1.82) is 0 Å². The molecule has 144 valence electrons. The molecule has 1 fully saturated rings. The Kier molecular flexibility index (Phi) is 5.62. The van der Waals surface area contributed by atoms with Crippen molar-refractivity contribution in [2.24, 2.45) is 0 Å². The van der Waals surface area contributed by atoms with Crippen LogP contribution in [0.1, 0.15) is 31.7 Å². The molecule has 3 rings (SSSR count). The lowest BCUT2D eigenvalue weighted by Gasteiger charge is -2.32. The molecular weight excluding hydrogens is 359 g/mol. The SMILES string of the molecule is O=C(CCC(F)(F)F)N1CCC(n2nc(-c3ccccc3)ccc2=O)CC1. The van der Waals surface area contributed by atoms with Crippen LogP contribution in [0.3, 0.4) is 0 Å². The molecule has 2 heterocycles. The monoisotopic (exact) mass is 379 g/mol. The maximum absolute atomic E-state index is 12.3. The van der Waals surface area contributed by atoms with Gasteiger partial charge in [-0.15, -0.1) is 0 Å². The molecule has 0 N–H and O–H groups in total. The Morgan fingerprint density at radius 2 is 1.74 bits per heavy atom. The molecule has 2 aromatic rings. The zero-order valence-electron chi connectivity index (χ0n) is 14.7. The van der Waals surface area contributed by atoms with E-state index in [0.717, 1.165) is 5.56 Å². The number of rotatable bonds is 4. The summed E-state index contributed by atoms with van der Waals surface area (Å²) in [5.74, 6) is -0.496. The van der Waals surface area contributed by atoms with Gasteiger partial charge in [0.1, 0.15) is 0 Å². The highest BCUT2D eigenvalue weighted by molar-refractivity contribution is 5.76. The maximum Gasteiger partial charge on any atom is 0.389 e. The normalized spacial score (nSPS) is 15.7. The van der Waals surface area contributed by atoms with Gasteiger partial charge < -0.3 is 4.90 Å². The molecule has 5 nitrogen and oxygen atoms in total. The molecule has 27 heavy (non-hydrogen) atoms. The first-order valence-corrected chi connectivity index (χ1v) is 8.83. The van der Waals surface area contributed by atoms with Crippen LogP contribution >= 0.6 is 0 Å². The highest BCUT2D eigenvalue weighted by atomic mass is 19.4. The number of piperidine rings is 1. The maximum atomic E-state index is 12.3. The Hall–Kier alpha value is -2.64. The highest BCUT2D eigenvalue weighted by Crippen LogP contribution is 2.25. The number of halogens is 3. The van der Waals surface area contributed by atoms with Crippen molar-refractivity contribution in [3.05, 3.63) is 52.8 Å². The van der Waals surface area contributed by atoms with Crippen molar-refractivity contribution in [2.75, 3.05) is 13.1 Å². The average molecular weight is 379 g/mol. The molecule has 1 saturated heterocycles. The topological polar surface area (TPSA) is 55.2 Å². The average Bonchev–Trinajstić information content (AvgIpc) is 2.67. The van der Waals surface area contributed by atoms with Crippen molar-refractivity contribution in [3.8, 4) is 11.3 Å². The van der Waals surface area contributed by atoms with E-state index in [1.54, 1.807) is 6.07 Å². The number of carbonyl (C=O) groups is 1. The first-order valence-electron chi connectivity index (χ1n) is 8.83. The third-order valence-electron chi connectivity index (χ3n) is 4.68. The molecule has 8 heteroatoms. The number of hydrogen-bond donors (Lipinski definition) is 0. The fourth-order valence-corrected chi connectivity index (χ4v) is 3.22. The molecule has 0 aliphatic carbocycles. The van der Waals surface area contributed by atoms with Crippen LogP contribution in [0.15, 0.2) is 47.3 Å². The number of amides is 1. The van der Waals surface area contributed by atoms with Gasteiger partial charge in [-0.05, 0) is 18.9 Å². The van der Waals surface area contributed by atoms with Crippen LogP contribution in [0.4, 0.5) is 13.2 Å². The quantitative estimate of drug-likeness (QED) is 0.818. The van der Waals surface area contributed by atoms with E-state index in [2.05, 4.69) is 5.10 Å². The second-order valence-electron chi connectivity index (χ2n) is 6.59. The van der Waals surface area contributed by atoms with Crippen molar-refractivity contribution < 1.29 is 18.0 Å². The van der Waals surface area contributed by atoms with Crippen LogP contribution in [0.2, 0.25) is 0 Å². The minimum absolute atomic E-state index is 0.173. The van der Waals surface area contributed by atoms with E-state index in [1.165, 1.54) is 15.6 Å². The third kappa shape index (κ3) is 4.96. The van der Waals surface area contributed by atoms with Crippen molar-refractivity contribution in [3.63, 3.8) is 0 Å². The number of benzene rings is 1. The van der Waals surface area contributed by atoms with Gasteiger partial charge in [0.25, 0.3) is 5.56 Å². The first-order chi connectivity index (χ1) is 12.8. The molecule has 1 aliphatic rings. The smallest absolute Gasteiger partial charge is 0.343 e. The summed E-state index contributed by atoms with van der Waals surface area (Å²) in [4.78, 5) is 25.6. The van der Waals surface area contributed by atoms with Gasteiger partial charge in [0.05, 0.1) is 18.2 Å². The van der Waals surface area contributed by atoms with Crippen molar-refractivity contribution >= 4 is 5.91 Å². The van der Waals surface area contributed by atoms with Gasteiger partial charge in [0.2, 0.25) is 5.91 Å². The molecule has 0 bridgehead atoms. The van der Waals surface area contributed by atoms with E-state index in [1.807, 2.05) is 30.3 Å². The summed E-state index contributed by atoms with van der Waals surface area (Å²) in [6.45, 7) is 0.649. The van der Waals surface area contributed by atoms with Crippen LogP contribution in [-0.4, -0.2) is 39.9 Å². The summed E-state index contributed by atoms with van der Waals surface area (Å²) < 4.78 is 38.2. The van der Waals surface area contributed by atoms with E-state index in [0.29, 0.717) is 31.6 Å². The fourth-order valence-electron chi connectivity index (χ4n) is 3.22. The summed E-state index contributed by atoms with van der Waals surface area (Å²) >= 11 is 0. The standard InChI is InChI=1S/C19H20F3N3O2/c20-19(21,22)11-8-17(26)24-12-9-15(10-13-24)25-18(27)7-6-16(23-25)14-4-2-1-3-5-14/h1-7,15H,8-13H2. The Labute approximate surface area is 154 Å². The van der Waals surface area contributed by atoms with Gasteiger partial charge in [-0.3, -0.25) is 9.59 Å². The second-order valence-corrected chi connectivity index (χ2v) is 6.59. The predicted octanol–water partition coefficient (Wildman–Crippen LogP) is 3.42. The van der Waals surface area contributed by atoms with Gasteiger partial charge in [0, 0.05) is 31.1 Å². The molecule has 0 unspecified atom stereocenters. The van der Waals surface area contributed by atoms with Gasteiger partial charge in [-0.25, -0.2) is 4.68 Å². The minimum atomic E-state index is -4.33. The van der Waals surface area contributed by atoms with Gasteiger partial charge in [-0.2, -0.15) is 18.3 Å². The van der Waals surface area contributed by atoms with Crippen molar-refractivity contribution in [2.45, 2.75) is 37.9 Å². The van der Waals surface area contributed by atoms with Gasteiger partial charge in [0.15, 0.2) is 0 Å². The zero-order valence-corrected chi connectivity index (χ0v) is 14.7. The molecule has 1 aliphatic heterocycles. The third-order valence-corrected chi connectivity index (χ3v) is 4.68. The molecule has 0 saturated carbocycles. The van der Waals surface area contributed by atoms with Crippen LogP contribution in [0, 0.1) is 0 Å². The number of carbonyl (C=O) groups excluding carboxylic acids is 1. The molecule has 0 atom stereocenters. The molecule has 1 aromatic carbocycles. The summed E-state index contributed by atoms with van der Waals surface area (Å²) in [5, 5.41) is 4.46. The van der Waals surface area contributed by atoms with Crippen LogP contribution < -0.4 is 5.56 Å². The van der Waals surface area contributed by atoms with E-state index in [9.17, 15) is 22.8 Å². The highest BCUT2D eigenvalue weighted by Gasteiger charge is 2.31. The summed E-state index contributed by atoms with van der Waals surface area (Å²) in [5.41, 5.74) is 1.35. The number of aromatic nitrogens is 2. The molecule has 0 spiro atoms. The second kappa shape index (κ2) is 7.94. The van der Waals surface area contributed by atoms with Crippen molar-refractivity contribution in [1.82, 2.24) is 14.7 Å². The first kappa shape index (κ1) is 19.1. The summed E-state index contributed by atoms with van der Waals surface area (Å²) in [6, 6.07) is 12.4. The zero-order chi connectivity index (χ0) is 19.4. The lowest BCUT2D eigenvalue weighted by Crippen LogP contribution is -2.41. The van der Waals surface area contributed by atoms with E-state index >= 15 is 0 Å². The van der Waals surface area contributed by atoms with E-state index in [4.69, 9.17) is 0 Å². The molecule has 1 amide bonds. The summed E-state index contributed by atoms with van der Waals surface area (Å²) in [6.07, 6.45) is -4.99. The number of nitrogens with zero attached hydrogens (tertiary/aromatic N) is 3. The van der Waals surface area contributed by atoms with Crippen LogP contribution in [0.5, 0.6) is 0 Å². The van der Waals surface area contributed by atoms with Crippen LogP contribution in [-0.2, 0) is 4.79 Å². The Morgan fingerprint density at radius 1 is 1.07 bits per heavy atom. The number of hydrogen-bond acceptors (Lipinski definition) is 3. The largest absolute Gasteiger partial charge is 0.389 e. The van der Waals surface area contributed by atoms with Gasteiger partial charge in [-0.1, -0.05) is 30.3 Å². The number of alkyl halides is 3. The Balaban J connectivity index is 1.66. The van der Waals surface area contributed by atoms with E-state index in [-0.39, 0.29) is 11.6 Å². The summed E-state index contributed by atoms with van der Waals surface area (Å²) in [7, 11) is 0. The Bertz CT molecular complexity index is 841. The molecule has 1 aromatic heterocycles. The fraction of sp³-hybridized carbons (Fsp3) is 0.421. The van der Waals surface area contributed by atoms with E-state index < -0.39 is 24.9 Å². The lowest BCUT2D eigenvalue weighted by molar-refractivity contribution is -0.149. The van der Waals surface area contributed by atoms with Crippen LogP contribution in [0.25, 0.3) is 11.3 Å².